The van der Waals surface area contributed by atoms with Crippen molar-refractivity contribution in [2.45, 2.75) is 77.1 Å². The molecule has 24 heavy (non-hydrogen) atoms. The molecule has 2 N–H and O–H groups in total. The number of allylic oxidation sites excluding steroid dienone is 3. The van der Waals surface area contributed by atoms with Crippen molar-refractivity contribution in [3.8, 4) is 0 Å². The van der Waals surface area contributed by atoms with Crippen LogP contribution in [-0.2, 0) is 9.53 Å². The lowest BCUT2D eigenvalue weighted by Gasteiger charge is -2.31. The summed E-state index contributed by atoms with van der Waals surface area (Å²) in [7, 11) is 0. The molecule has 1 fully saturated rings. The lowest BCUT2D eigenvalue weighted by atomic mass is 9.81. The first kappa shape index (κ1) is 18.9. The van der Waals surface area contributed by atoms with Gasteiger partial charge in [-0.05, 0) is 52.9 Å². The fraction of sp³-hybridized carbons (Fsp3) is 0.650. The van der Waals surface area contributed by atoms with E-state index >= 15 is 0 Å². The Morgan fingerprint density at radius 2 is 1.92 bits per heavy atom. The average Bonchev–Trinajstić information content (AvgIpc) is 2.73. The monoisotopic (exact) mass is 334 g/mol. The molecule has 0 unspecified atom stereocenters. The van der Waals surface area contributed by atoms with E-state index in [0.29, 0.717) is 18.4 Å². The minimum Gasteiger partial charge on any atom is -0.458 e. The predicted molar refractivity (Wildman–Crippen MR) is 94.4 cm³/mol. The minimum absolute atomic E-state index is 0.248. The predicted octanol–water partition coefficient (Wildman–Crippen LogP) is 3.44. The number of aliphatic hydroxyl groups is 2. The zero-order valence-corrected chi connectivity index (χ0v) is 15.0. The van der Waals surface area contributed by atoms with Gasteiger partial charge in [0.25, 0.3) is 0 Å². The van der Waals surface area contributed by atoms with Gasteiger partial charge in [-0.15, -0.1) is 0 Å². The molecule has 0 amide bonds. The second kappa shape index (κ2) is 7.66. The summed E-state index contributed by atoms with van der Waals surface area (Å²) in [6.45, 7) is 9.64. The van der Waals surface area contributed by atoms with Crippen LogP contribution >= 0.6 is 0 Å². The molecule has 0 saturated carbocycles. The summed E-state index contributed by atoms with van der Waals surface area (Å²) in [5.41, 5.74) is 1.69. The molecule has 0 spiro atoms. The van der Waals surface area contributed by atoms with Gasteiger partial charge in [-0.3, -0.25) is 0 Å². The second-order valence-corrected chi connectivity index (χ2v) is 7.57. The van der Waals surface area contributed by atoms with Crippen LogP contribution in [0.15, 0.2) is 35.5 Å². The molecule has 0 bridgehead atoms. The molecule has 1 aliphatic carbocycles. The zero-order valence-electron chi connectivity index (χ0n) is 15.0. The molecule has 0 aromatic heterocycles. The highest BCUT2D eigenvalue weighted by Gasteiger charge is 2.42. The number of aliphatic hydroxyl groups excluding tert-OH is 1. The number of carbonyl (C=O) groups excluding carboxylic acids is 1. The lowest BCUT2D eigenvalue weighted by molar-refractivity contribution is -0.139. The van der Waals surface area contributed by atoms with Crippen LogP contribution in [0.25, 0.3) is 0 Å². The second-order valence-electron chi connectivity index (χ2n) is 7.57. The van der Waals surface area contributed by atoms with E-state index in [2.05, 4.69) is 25.7 Å². The number of rotatable bonds is 0. The van der Waals surface area contributed by atoms with Crippen molar-refractivity contribution in [3.63, 3.8) is 0 Å². The molecule has 1 saturated heterocycles. The minimum atomic E-state index is -1.19. The van der Waals surface area contributed by atoms with Crippen LogP contribution in [0.1, 0.15) is 59.3 Å². The average molecular weight is 334 g/mol. The molecule has 0 aromatic rings. The summed E-state index contributed by atoms with van der Waals surface area (Å²) < 4.78 is 5.46. The lowest BCUT2D eigenvalue weighted by Crippen LogP contribution is -2.41. The van der Waals surface area contributed by atoms with E-state index in [1.165, 1.54) is 11.1 Å². The number of ether oxygens (including phenoxy) is 1. The standard InChI is InChI=1S/C20H30O4/c1-13-7-5-8-14(2)11-17-16(15(3)19(22)24-17)12-18(21)20(4,23)10-6-9-13/h8-9,16-18,21,23H,3,5-7,10-12H2,1-2,4H3/b13-9+,14-8+/t16-,17+,18-,20+/m1/s1. The van der Waals surface area contributed by atoms with Gasteiger partial charge in [0.2, 0.25) is 0 Å². The maximum absolute atomic E-state index is 11.9. The Balaban J connectivity index is 2.24. The van der Waals surface area contributed by atoms with Crippen molar-refractivity contribution in [2.75, 3.05) is 0 Å². The fourth-order valence-electron chi connectivity index (χ4n) is 3.47. The van der Waals surface area contributed by atoms with Crippen molar-refractivity contribution >= 4 is 5.97 Å². The molecule has 1 heterocycles. The van der Waals surface area contributed by atoms with Crippen molar-refractivity contribution < 1.29 is 19.7 Å². The third kappa shape index (κ3) is 4.58. The van der Waals surface area contributed by atoms with Crippen molar-refractivity contribution in [3.05, 3.63) is 35.5 Å². The van der Waals surface area contributed by atoms with Gasteiger partial charge in [-0.2, -0.15) is 0 Å². The van der Waals surface area contributed by atoms with E-state index in [1.54, 1.807) is 6.92 Å². The summed E-state index contributed by atoms with van der Waals surface area (Å²) in [4.78, 5) is 11.9. The van der Waals surface area contributed by atoms with Gasteiger partial charge in [0.05, 0.1) is 11.7 Å². The van der Waals surface area contributed by atoms with Gasteiger partial charge in [0, 0.05) is 17.9 Å². The van der Waals surface area contributed by atoms with E-state index in [1.807, 2.05) is 6.92 Å². The third-order valence-corrected chi connectivity index (χ3v) is 5.31. The van der Waals surface area contributed by atoms with Gasteiger partial charge in [0.1, 0.15) is 6.10 Å². The number of fused-ring (bicyclic) bond motifs is 1. The topological polar surface area (TPSA) is 66.8 Å². The number of hydrogen-bond donors (Lipinski definition) is 2. The normalized spacial score (nSPS) is 40.6. The Bertz CT molecular complexity index is 556. The summed E-state index contributed by atoms with van der Waals surface area (Å²) in [5, 5.41) is 21.2. The van der Waals surface area contributed by atoms with Crippen molar-refractivity contribution in [2.24, 2.45) is 5.92 Å². The summed E-state index contributed by atoms with van der Waals surface area (Å²) in [6.07, 6.45) is 7.19. The van der Waals surface area contributed by atoms with Crippen molar-refractivity contribution in [1.29, 1.82) is 0 Å². The van der Waals surface area contributed by atoms with Gasteiger partial charge < -0.3 is 14.9 Å². The Kier molecular flexibility index (Phi) is 6.05. The van der Waals surface area contributed by atoms with E-state index in [0.717, 1.165) is 19.3 Å². The molecule has 4 heteroatoms. The van der Waals surface area contributed by atoms with E-state index in [-0.39, 0.29) is 24.4 Å². The molecule has 2 aliphatic rings. The first-order valence-corrected chi connectivity index (χ1v) is 8.82. The maximum atomic E-state index is 11.9. The van der Waals surface area contributed by atoms with Crippen molar-refractivity contribution in [1.82, 2.24) is 0 Å². The largest absolute Gasteiger partial charge is 0.458 e. The van der Waals surface area contributed by atoms with Crippen LogP contribution in [0, 0.1) is 5.92 Å². The van der Waals surface area contributed by atoms with Gasteiger partial charge in [-0.1, -0.05) is 29.9 Å². The van der Waals surface area contributed by atoms with E-state index in [9.17, 15) is 15.0 Å². The molecule has 0 aromatic carbocycles. The Morgan fingerprint density at radius 3 is 2.62 bits per heavy atom. The molecule has 2 rings (SSSR count). The van der Waals surface area contributed by atoms with Gasteiger partial charge in [-0.25, -0.2) is 4.79 Å². The summed E-state index contributed by atoms with van der Waals surface area (Å²) in [5.74, 6) is -0.631. The van der Waals surface area contributed by atoms with Crippen LogP contribution in [0.3, 0.4) is 0 Å². The molecule has 0 radical (unpaired) electrons. The third-order valence-electron chi connectivity index (χ3n) is 5.31. The highest BCUT2D eigenvalue weighted by atomic mass is 16.6. The van der Waals surface area contributed by atoms with Crippen LogP contribution in [-0.4, -0.2) is 34.0 Å². The molecule has 1 aliphatic heterocycles. The van der Waals surface area contributed by atoms with Gasteiger partial charge >= 0.3 is 5.97 Å². The Labute approximate surface area is 144 Å². The maximum Gasteiger partial charge on any atom is 0.334 e. The fourth-order valence-corrected chi connectivity index (χ4v) is 3.47. The van der Waals surface area contributed by atoms with E-state index < -0.39 is 11.7 Å². The molecular weight excluding hydrogens is 304 g/mol. The number of esters is 1. The van der Waals surface area contributed by atoms with E-state index in [4.69, 9.17) is 4.74 Å². The van der Waals surface area contributed by atoms with Crippen LogP contribution in [0.4, 0.5) is 0 Å². The molecular formula is C20H30O4. The Hall–Kier alpha value is -1.39. The quantitative estimate of drug-likeness (QED) is 0.404. The molecule has 4 nitrogen and oxygen atoms in total. The highest BCUT2D eigenvalue weighted by Crippen LogP contribution is 2.36. The smallest absolute Gasteiger partial charge is 0.334 e. The first-order chi connectivity index (χ1) is 11.2. The zero-order chi connectivity index (χ0) is 17.9. The first-order valence-electron chi connectivity index (χ1n) is 8.82. The summed E-state index contributed by atoms with van der Waals surface area (Å²) in [6, 6.07) is 0. The molecule has 4 atom stereocenters. The Morgan fingerprint density at radius 1 is 1.25 bits per heavy atom. The molecule has 134 valence electrons. The van der Waals surface area contributed by atoms with Crippen LogP contribution < -0.4 is 0 Å². The SMILES string of the molecule is C=C1C(=O)O[C@H]2C/C(C)=C/CC/C(C)=C/CC[C@](C)(O)[C@H](O)C[C@H]12. The van der Waals surface area contributed by atoms with Gasteiger partial charge in [0.15, 0.2) is 0 Å². The highest BCUT2D eigenvalue weighted by molar-refractivity contribution is 5.90. The number of hydrogen-bond acceptors (Lipinski definition) is 4. The van der Waals surface area contributed by atoms with Crippen LogP contribution in [0.2, 0.25) is 0 Å². The summed E-state index contributed by atoms with van der Waals surface area (Å²) >= 11 is 0. The van der Waals surface area contributed by atoms with Crippen LogP contribution in [0.5, 0.6) is 0 Å². The number of carbonyl (C=O) groups is 1.